The van der Waals surface area contributed by atoms with Gasteiger partial charge in [0.1, 0.15) is 0 Å². The van der Waals surface area contributed by atoms with Crippen LogP contribution >= 0.6 is 11.8 Å². The maximum Gasteiger partial charge on any atom is 0.232 e. The number of thioether (sulfide) groups is 1. The van der Waals surface area contributed by atoms with Gasteiger partial charge in [0.2, 0.25) is 5.91 Å². The van der Waals surface area contributed by atoms with Crippen molar-refractivity contribution in [1.82, 2.24) is 20.7 Å². The van der Waals surface area contributed by atoms with Crippen LogP contribution in [-0.2, 0) is 4.79 Å². The van der Waals surface area contributed by atoms with Gasteiger partial charge < -0.3 is 4.90 Å². The van der Waals surface area contributed by atoms with Gasteiger partial charge in [-0.3, -0.25) is 15.2 Å². The number of rotatable bonds is 6. The van der Waals surface area contributed by atoms with E-state index in [1.165, 1.54) is 5.56 Å². The fourth-order valence-corrected chi connectivity index (χ4v) is 3.59. The molecule has 1 aromatic carbocycles. The van der Waals surface area contributed by atoms with Crippen molar-refractivity contribution in [3.63, 3.8) is 0 Å². The molecule has 0 bridgehead atoms. The molecule has 5 nitrogen and oxygen atoms in total. The quantitative estimate of drug-likeness (QED) is 0.789. The number of likely N-dealkylation sites (N-methyl/N-ethyl adjacent to an activating group) is 1. The molecule has 2 N–H and O–H groups in total. The van der Waals surface area contributed by atoms with Crippen LogP contribution in [0.25, 0.3) is 0 Å². The van der Waals surface area contributed by atoms with Crippen LogP contribution in [0, 0.1) is 0 Å². The molecular formula is C18H22N4OS. The second kappa shape index (κ2) is 8.28. The van der Waals surface area contributed by atoms with E-state index in [1.807, 2.05) is 25.2 Å². The lowest BCUT2D eigenvalue weighted by molar-refractivity contribution is -0.127. The molecule has 126 valence electrons. The maximum atomic E-state index is 12.3. The highest BCUT2D eigenvalue weighted by atomic mass is 32.2. The van der Waals surface area contributed by atoms with E-state index in [0.717, 1.165) is 11.3 Å². The maximum absolute atomic E-state index is 12.3. The first kappa shape index (κ1) is 17.0. The van der Waals surface area contributed by atoms with Crippen LogP contribution in [0.5, 0.6) is 0 Å². The van der Waals surface area contributed by atoms with Gasteiger partial charge in [-0.15, -0.1) is 11.8 Å². The van der Waals surface area contributed by atoms with Gasteiger partial charge in [-0.05, 0) is 24.1 Å². The Balaban J connectivity index is 1.45. The van der Waals surface area contributed by atoms with Crippen LogP contribution in [0.4, 0.5) is 0 Å². The first-order valence-corrected chi connectivity index (χ1v) is 9.03. The topological polar surface area (TPSA) is 57.3 Å². The van der Waals surface area contributed by atoms with Gasteiger partial charge in [0.05, 0.1) is 5.75 Å². The van der Waals surface area contributed by atoms with E-state index in [-0.39, 0.29) is 11.9 Å². The predicted molar refractivity (Wildman–Crippen MR) is 96.5 cm³/mol. The van der Waals surface area contributed by atoms with E-state index in [0.29, 0.717) is 18.3 Å². The van der Waals surface area contributed by atoms with E-state index in [2.05, 4.69) is 40.1 Å². The Kier molecular flexibility index (Phi) is 5.85. The molecular weight excluding hydrogens is 320 g/mol. The molecule has 0 saturated carbocycles. The monoisotopic (exact) mass is 342 g/mol. The number of nitrogens with zero attached hydrogens (tertiary/aromatic N) is 2. The zero-order valence-electron chi connectivity index (χ0n) is 13.7. The molecule has 2 aromatic rings. The van der Waals surface area contributed by atoms with Crippen molar-refractivity contribution in [2.24, 2.45) is 0 Å². The van der Waals surface area contributed by atoms with Crippen LogP contribution in [-0.4, -0.2) is 41.2 Å². The third-order valence-corrected chi connectivity index (χ3v) is 5.11. The number of carbonyl (C=O) groups is 1. The van der Waals surface area contributed by atoms with E-state index in [1.54, 1.807) is 29.1 Å². The number of nitrogens with one attached hydrogen (secondary N) is 2. The molecule has 1 aliphatic heterocycles. The number of benzene rings is 1. The Morgan fingerprint density at radius 2 is 1.96 bits per heavy atom. The number of hydrogen-bond acceptors (Lipinski definition) is 5. The lowest BCUT2D eigenvalue weighted by atomic mass is 10.0. The van der Waals surface area contributed by atoms with Crippen molar-refractivity contribution in [3.8, 4) is 0 Å². The van der Waals surface area contributed by atoms with Gasteiger partial charge in [-0.2, -0.15) is 0 Å². The zero-order chi connectivity index (χ0) is 16.8. The molecule has 1 aromatic heterocycles. The molecule has 2 unspecified atom stereocenters. The largest absolute Gasteiger partial charge is 0.343 e. The summed E-state index contributed by atoms with van der Waals surface area (Å²) in [6, 6.07) is 14.8. The second-order valence-corrected chi connectivity index (χ2v) is 6.98. The minimum atomic E-state index is 0.141. The normalized spacial score (nSPS) is 20.0. The Labute approximate surface area is 146 Å². The summed E-state index contributed by atoms with van der Waals surface area (Å²) in [5, 5.41) is 0. The first-order chi connectivity index (χ1) is 11.7. The van der Waals surface area contributed by atoms with Crippen molar-refractivity contribution in [1.29, 1.82) is 0 Å². The molecule has 0 aliphatic carbocycles. The van der Waals surface area contributed by atoms with Crippen molar-refractivity contribution >= 4 is 17.7 Å². The Bertz CT molecular complexity index is 653. The number of aromatic nitrogens is 1. The summed E-state index contributed by atoms with van der Waals surface area (Å²) in [5.41, 5.74) is 7.90. The molecule has 3 rings (SSSR count). The lowest BCUT2D eigenvalue weighted by Gasteiger charge is -2.21. The lowest BCUT2D eigenvalue weighted by Crippen LogP contribution is -2.41. The fraction of sp³-hybridized carbons (Fsp3) is 0.333. The Hall–Kier alpha value is -1.89. The highest BCUT2D eigenvalue weighted by Crippen LogP contribution is 2.22. The van der Waals surface area contributed by atoms with Crippen molar-refractivity contribution in [2.75, 3.05) is 19.3 Å². The number of amides is 1. The third-order valence-electron chi connectivity index (χ3n) is 4.12. The fourth-order valence-electron chi connectivity index (χ4n) is 2.77. The Morgan fingerprint density at radius 1 is 1.21 bits per heavy atom. The van der Waals surface area contributed by atoms with Gasteiger partial charge in [0.25, 0.3) is 0 Å². The average molecular weight is 342 g/mol. The van der Waals surface area contributed by atoms with Gasteiger partial charge in [-0.1, -0.05) is 30.3 Å². The minimum Gasteiger partial charge on any atom is -0.343 e. The van der Waals surface area contributed by atoms with E-state index in [9.17, 15) is 4.79 Å². The molecule has 24 heavy (non-hydrogen) atoms. The summed E-state index contributed by atoms with van der Waals surface area (Å²) >= 11 is 1.54. The van der Waals surface area contributed by atoms with E-state index < -0.39 is 0 Å². The molecule has 0 spiro atoms. The van der Waals surface area contributed by atoms with Crippen molar-refractivity contribution in [2.45, 2.75) is 23.4 Å². The molecule has 1 aliphatic rings. The van der Waals surface area contributed by atoms with Gasteiger partial charge >= 0.3 is 0 Å². The second-order valence-electron chi connectivity index (χ2n) is 5.93. The highest BCUT2D eigenvalue weighted by Gasteiger charge is 2.26. The molecule has 0 radical (unpaired) electrons. The van der Waals surface area contributed by atoms with E-state index in [4.69, 9.17) is 0 Å². The molecule has 2 heterocycles. The summed E-state index contributed by atoms with van der Waals surface area (Å²) in [5.74, 6) is 0.588. The first-order valence-electron chi connectivity index (χ1n) is 8.05. The van der Waals surface area contributed by atoms with E-state index >= 15 is 0 Å². The average Bonchev–Trinajstić information content (AvgIpc) is 3.10. The summed E-state index contributed by atoms with van der Waals surface area (Å²) in [4.78, 5) is 19.2. The van der Waals surface area contributed by atoms with Crippen LogP contribution in [0.1, 0.15) is 18.0 Å². The SMILES string of the molecule is CN(CC1CC(c2ccccc2)NN1)C(=O)CSc1ccncc1. The summed E-state index contributed by atoms with van der Waals surface area (Å²) in [6.07, 6.45) is 4.46. The molecule has 1 fully saturated rings. The standard InChI is InChI=1S/C18H22N4OS/c1-22(18(23)13-24-16-7-9-19-10-8-16)12-15-11-17(21-20-15)14-5-3-2-4-6-14/h2-10,15,17,20-21H,11-13H2,1H3. The minimum absolute atomic E-state index is 0.141. The highest BCUT2D eigenvalue weighted by molar-refractivity contribution is 8.00. The number of carbonyl (C=O) groups excluding carboxylic acids is 1. The number of pyridine rings is 1. The zero-order valence-corrected chi connectivity index (χ0v) is 14.5. The molecule has 1 saturated heterocycles. The predicted octanol–water partition coefficient (Wildman–Crippen LogP) is 2.24. The molecule has 6 heteroatoms. The summed E-state index contributed by atoms with van der Waals surface area (Å²) < 4.78 is 0. The van der Waals surface area contributed by atoms with Gasteiger partial charge in [0.15, 0.2) is 0 Å². The smallest absolute Gasteiger partial charge is 0.232 e. The number of hydrogen-bond donors (Lipinski definition) is 2. The van der Waals surface area contributed by atoms with Crippen LogP contribution in [0.3, 0.4) is 0 Å². The molecule has 2 atom stereocenters. The van der Waals surface area contributed by atoms with Crippen molar-refractivity contribution in [3.05, 3.63) is 60.4 Å². The van der Waals surface area contributed by atoms with Crippen molar-refractivity contribution < 1.29 is 4.79 Å². The third kappa shape index (κ3) is 4.56. The van der Waals surface area contributed by atoms with Crippen LogP contribution in [0.2, 0.25) is 0 Å². The summed E-state index contributed by atoms with van der Waals surface area (Å²) in [6.45, 7) is 0.700. The summed E-state index contributed by atoms with van der Waals surface area (Å²) in [7, 11) is 1.87. The van der Waals surface area contributed by atoms with Crippen LogP contribution < -0.4 is 10.9 Å². The van der Waals surface area contributed by atoms with Crippen LogP contribution in [0.15, 0.2) is 59.8 Å². The van der Waals surface area contributed by atoms with Gasteiger partial charge in [-0.25, -0.2) is 5.43 Å². The Morgan fingerprint density at radius 3 is 2.71 bits per heavy atom. The molecule has 1 amide bonds. The number of hydrazine groups is 1. The van der Waals surface area contributed by atoms with Gasteiger partial charge in [0, 0.05) is 43.0 Å².